The standard InChI is InChI=1S/C19H28N4O2.HI/c1-20-19(22-11-14-23-12-4-5-13-23)21-10-6-7-16-8-9-17(24-2)18(15-16)25-3;/h4-5,8-9,12-13,15H,6-7,10-11,14H2,1-3H3,(H2,20,21,22);1H. The second kappa shape index (κ2) is 12.5. The Balaban J connectivity index is 0.00000338. The minimum absolute atomic E-state index is 0. The number of methoxy groups -OCH3 is 2. The monoisotopic (exact) mass is 472 g/mol. The van der Waals surface area contributed by atoms with E-state index in [9.17, 15) is 0 Å². The largest absolute Gasteiger partial charge is 0.493 e. The van der Waals surface area contributed by atoms with Gasteiger partial charge in [-0.2, -0.15) is 0 Å². The van der Waals surface area contributed by atoms with Crippen molar-refractivity contribution in [1.29, 1.82) is 0 Å². The molecular formula is C19H29IN4O2. The van der Waals surface area contributed by atoms with E-state index < -0.39 is 0 Å². The molecule has 0 radical (unpaired) electrons. The molecule has 1 aromatic carbocycles. The Morgan fingerprint density at radius 1 is 1.04 bits per heavy atom. The van der Waals surface area contributed by atoms with Gasteiger partial charge in [-0.15, -0.1) is 24.0 Å². The highest BCUT2D eigenvalue weighted by Crippen LogP contribution is 2.27. The molecule has 0 atom stereocenters. The minimum atomic E-state index is 0. The molecule has 2 N–H and O–H groups in total. The molecule has 144 valence electrons. The van der Waals surface area contributed by atoms with E-state index in [0.29, 0.717) is 0 Å². The third-order valence-electron chi connectivity index (χ3n) is 3.93. The van der Waals surface area contributed by atoms with Crippen LogP contribution in [0.25, 0.3) is 0 Å². The predicted molar refractivity (Wildman–Crippen MR) is 117 cm³/mol. The van der Waals surface area contributed by atoms with Gasteiger partial charge in [0.15, 0.2) is 17.5 Å². The number of hydrogen-bond acceptors (Lipinski definition) is 3. The van der Waals surface area contributed by atoms with E-state index in [4.69, 9.17) is 9.47 Å². The lowest BCUT2D eigenvalue weighted by atomic mass is 10.1. The average molecular weight is 472 g/mol. The number of hydrogen-bond donors (Lipinski definition) is 2. The molecule has 6 nitrogen and oxygen atoms in total. The maximum Gasteiger partial charge on any atom is 0.191 e. The first-order chi connectivity index (χ1) is 12.3. The van der Waals surface area contributed by atoms with Crippen LogP contribution in [0.4, 0.5) is 0 Å². The second-order valence-corrected chi connectivity index (χ2v) is 5.64. The van der Waals surface area contributed by atoms with Crippen LogP contribution >= 0.6 is 24.0 Å². The van der Waals surface area contributed by atoms with Gasteiger partial charge in [0.2, 0.25) is 0 Å². The number of aryl methyl sites for hydroxylation is 1. The van der Waals surface area contributed by atoms with E-state index in [2.05, 4.69) is 38.7 Å². The third kappa shape index (κ3) is 7.15. The zero-order valence-electron chi connectivity index (χ0n) is 15.7. The molecule has 0 spiro atoms. The molecular weight excluding hydrogens is 443 g/mol. The van der Waals surface area contributed by atoms with Crippen LogP contribution in [0, 0.1) is 0 Å². The number of benzene rings is 1. The van der Waals surface area contributed by atoms with Crippen molar-refractivity contribution in [3.05, 3.63) is 48.3 Å². The number of nitrogens with zero attached hydrogens (tertiary/aromatic N) is 2. The first-order valence-electron chi connectivity index (χ1n) is 8.53. The van der Waals surface area contributed by atoms with Crippen LogP contribution < -0.4 is 20.1 Å². The fourth-order valence-electron chi connectivity index (χ4n) is 2.58. The number of halogens is 1. The summed E-state index contributed by atoms with van der Waals surface area (Å²) >= 11 is 0. The molecule has 26 heavy (non-hydrogen) atoms. The summed E-state index contributed by atoms with van der Waals surface area (Å²) in [6.45, 7) is 2.61. The van der Waals surface area contributed by atoms with Gasteiger partial charge in [-0.3, -0.25) is 4.99 Å². The lowest BCUT2D eigenvalue weighted by Crippen LogP contribution is -2.39. The van der Waals surface area contributed by atoms with Crippen LogP contribution in [-0.2, 0) is 13.0 Å². The zero-order valence-corrected chi connectivity index (χ0v) is 18.0. The van der Waals surface area contributed by atoms with Crippen LogP contribution in [0.1, 0.15) is 12.0 Å². The molecule has 2 aromatic rings. The normalized spacial score (nSPS) is 10.8. The molecule has 0 aliphatic heterocycles. The van der Waals surface area contributed by atoms with Gasteiger partial charge in [0.05, 0.1) is 14.2 Å². The Hall–Kier alpha value is -1.90. The Bertz CT molecular complexity index is 660. The van der Waals surface area contributed by atoms with Gasteiger partial charge in [0.25, 0.3) is 0 Å². The molecule has 1 heterocycles. The molecule has 7 heteroatoms. The van der Waals surface area contributed by atoms with E-state index in [1.54, 1.807) is 21.3 Å². The summed E-state index contributed by atoms with van der Waals surface area (Å²) in [4.78, 5) is 4.25. The van der Waals surface area contributed by atoms with Crippen LogP contribution in [-0.4, -0.2) is 44.9 Å². The molecule has 0 bridgehead atoms. The molecule has 0 aliphatic rings. The number of nitrogens with one attached hydrogen (secondary N) is 2. The lowest BCUT2D eigenvalue weighted by Gasteiger charge is -2.13. The number of aromatic nitrogens is 1. The second-order valence-electron chi connectivity index (χ2n) is 5.64. The van der Waals surface area contributed by atoms with Crippen molar-refractivity contribution in [3.63, 3.8) is 0 Å². The fourth-order valence-corrected chi connectivity index (χ4v) is 2.58. The molecule has 2 rings (SSSR count). The van der Waals surface area contributed by atoms with Gasteiger partial charge < -0.3 is 24.7 Å². The summed E-state index contributed by atoms with van der Waals surface area (Å²) in [7, 11) is 5.10. The van der Waals surface area contributed by atoms with Crippen LogP contribution in [0.2, 0.25) is 0 Å². The maximum absolute atomic E-state index is 5.34. The smallest absolute Gasteiger partial charge is 0.191 e. The van der Waals surface area contributed by atoms with Crippen molar-refractivity contribution >= 4 is 29.9 Å². The van der Waals surface area contributed by atoms with E-state index in [-0.39, 0.29) is 24.0 Å². The maximum atomic E-state index is 5.34. The summed E-state index contributed by atoms with van der Waals surface area (Å²) < 4.78 is 12.7. The van der Waals surface area contributed by atoms with Gasteiger partial charge in [-0.05, 0) is 42.7 Å². The Kier molecular flexibility index (Phi) is 10.6. The quantitative estimate of drug-likeness (QED) is 0.255. The topological polar surface area (TPSA) is 59.8 Å². The van der Waals surface area contributed by atoms with Crippen molar-refractivity contribution < 1.29 is 9.47 Å². The summed E-state index contributed by atoms with van der Waals surface area (Å²) in [5.74, 6) is 2.37. The average Bonchev–Trinajstić information content (AvgIpc) is 3.16. The van der Waals surface area contributed by atoms with Crippen LogP contribution in [0.15, 0.2) is 47.7 Å². The highest BCUT2D eigenvalue weighted by Gasteiger charge is 2.04. The lowest BCUT2D eigenvalue weighted by molar-refractivity contribution is 0.354. The van der Waals surface area contributed by atoms with Gasteiger partial charge in [0.1, 0.15) is 0 Å². The van der Waals surface area contributed by atoms with Crippen LogP contribution in [0.5, 0.6) is 11.5 Å². The molecule has 0 saturated carbocycles. The molecule has 1 aromatic heterocycles. The molecule has 0 amide bonds. The Morgan fingerprint density at radius 3 is 2.38 bits per heavy atom. The number of guanidine groups is 1. The van der Waals surface area contributed by atoms with E-state index in [0.717, 1.165) is 49.9 Å². The van der Waals surface area contributed by atoms with Crippen LogP contribution in [0.3, 0.4) is 0 Å². The Labute approximate surface area is 173 Å². The first-order valence-corrected chi connectivity index (χ1v) is 8.53. The first kappa shape index (κ1) is 22.1. The van der Waals surface area contributed by atoms with Gasteiger partial charge >= 0.3 is 0 Å². The number of rotatable bonds is 9. The number of ether oxygens (including phenoxy) is 2. The summed E-state index contributed by atoms with van der Waals surface area (Å²) in [5, 5.41) is 6.67. The summed E-state index contributed by atoms with van der Waals surface area (Å²) in [6, 6.07) is 10.1. The SMILES string of the molecule is CN=C(NCCCc1ccc(OC)c(OC)c1)NCCn1cccc1.I. The van der Waals surface area contributed by atoms with Gasteiger partial charge in [0, 0.05) is 39.1 Å². The highest BCUT2D eigenvalue weighted by atomic mass is 127. The molecule has 0 fully saturated rings. The zero-order chi connectivity index (χ0) is 17.9. The van der Waals surface area contributed by atoms with Gasteiger partial charge in [-0.25, -0.2) is 0 Å². The molecule has 0 saturated heterocycles. The number of aliphatic imine (C=N–C) groups is 1. The molecule has 0 aliphatic carbocycles. The van der Waals surface area contributed by atoms with Crippen molar-refractivity contribution in [1.82, 2.24) is 15.2 Å². The van der Waals surface area contributed by atoms with Crippen molar-refractivity contribution in [3.8, 4) is 11.5 Å². The molecule has 0 unspecified atom stereocenters. The highest BCUT2D eigenvalue weighted by molar-refractivity contribution is 14.0. The van der Waals surface area contributed by atoms with Crippen molar-refractivity contribution in [2.24, 2.45) is 4.99 Å². The van der Waals surface area contributed by atoms with Crippen molar-refractivity contribution in [2.45, 2.75) is 19.4 Å². The third-order valence-corrected chi connectivity index (χ3v) is 3.93. The van der Waals surface area contributed by atoms with Gasteiger partial charge in [-0.1, -0.05) is 6.07 Å². The summed E-state index contributed by atoms with van der Waals surface area (Å²) in [5.41, 5.74) is 1.23. The van der Waals surface area contributed by atoms with Crippen molar-refractivity contribution in [2.75, 3.05) is 34.4 Å². The van der Waals surface area contributed by atoms with E-state index in [1.165, 1.54) is 5.56 Å². The van der Waals surface area contributed by atoms with E-state index in [1.807, 2.05) is 24.3 Å². The van der Waals surface area contributed by atoms with E-state index >= 15 is 0 Å². The Morgan fingerprint density at radius 2 is 1.73 bits per heavy atom. The predicted octanol–water partition coefficient (Wildman–Crippen LogP) is 2.92. The summed E-state index contributed by atoms with van der Waals surface area (Å²) in [6.07, 6.45) is 6.09. The minimum Gasteiger partial charge on any atom is -0.493 e. The fraction of sp³-hybridized carbons (Fsp3) is 0.421.